The summed E-state index contributed by atoms with van der Waals surface area (Å²) >= 11 is 0. The molecule has 2 atom stereocenters. The number of hydrogen-bond acceptors (Lipinski definition) is 5. The minimum absolute atomic E-state index is 0.116. The average Bonchev–Trinajstić information content (AvgIpc) is 2.99. The largest absolute Gasteiger partial charge is 0.466 e. The molecule has 10 heteroatoms. The highest BCUT2D eigenvalue weighted by molar-refractivity contribution is 5.93. The van der Waals surface area contributed by atoms with Gasteiger partial charge in [-0.2, -0.15) is 13.2 Å². The molecule has 1 unspecified atom stereocenters. The fourth-order valence-corrected chi connectivity index (χ4v) is 3.30. The maximum atomic E-state index is 13.8. The Morgan fingerprint density at radius 2 is 2.11 bits per heavy atom. The lowest BCUT2D eigenvalue weighted by molar-refractivity contribution is -0.139. The van der Waals surface area contributed by atoms with Crippen LogP contribution in [0.3, 0.4) is 0 Å². The number of carbonyl (C=O) groups excluding carboxylic acids is 1. The molecule has 27 heavy (non-hydrogen) atoms. The molecular weight excluding hydrogens is 377 g/mol. The van der Waals surface area contributed by atoms with Gasteiger partial charge in [0.05, 0.1) is 30.6 Å². The van der Waals surface area contributed by atoms with Crippen molar-refractivity contribution in [1.29, 1.82) is 0 Å². The van der Waals surface area contributed by atoms with Crippen molar-refractivity contribution in [3.05, 3.63) is 57.7 Å². The van der Waals surface area contributed by atoms with Crippen molar-refractivity contribution in [2.75, 3.05) is 20.4 Å². The maximum absolute atomic E-state index is 13.8. The summed E-state index contributed by atoms with van der Waals surface area (Å²) in [5.41, 5.74) is -2.69. The molecule has 0 radical (unpaired) electrons. The molecule has 0 aromatic heterocycles. The lowest BCUT2D eigenvalue weighted by Crippen LogP contribution is -2.33. The first-order valence-electron chi connectivity index (χ1n) is 7.72. The van der Waals surface area contributed by atoms with E-state index in [1.54, 1.807) is 0 Å². The molecule has 0 saturated carbocycles. The van der Waals surface area contributed by atoms with Crippen molar-refractivity contribution >= 4 is 5.97 Å². The highest BCUT2D eigenvalue weighted by Gasteiger charge is 2.45. The summed E-state index contributed by atoms with van der Waals surface area (Å²) in [5.74, 6) is -3.69. The molecule has 146 valence electrons. The SMILES string of the molecule is COC(=O)C1=C(CF)NC2=C(C(O)OC2)[C@H]1c1cc(F)ccc1C(F)(F)F. The summed E-state index contributed by atoms with van der Waals surface area (Å²) in [4.78, 5) is 12.3. The Kier molecular flexibility index (Phi) is 4.96. The summed E-state index contributed by atoms with van der Waals surface area (Å²) in [6.07, 6.45) is -6.53. The van der Waals surface area contributed by atoms with Gasteiger partial charge in [-0.3, -0.25) is 0 Å². The molecule has 0 saturated heterocycles. The van der Waals surface area contributed by atoms with Gasteiger partial charge in [0.25, 0.3) is 0 Å². The van der Waals surface area contributed by atoms with Gasteiger partial charge in [0.15, 0.2) is 6.29 Å². The number of allylic oxidation sites excluding steroid dienone is 1. The summed E-state index contributed by atoms with van der Waals surface area (Å²) in [5, 5.41) is 12.6. The molecule has 0 fully saturated rings. The van der Waals surface area contributed by atoms with E-state index in [0.29, 0.717) is 18.2 Å². The van der Waals surface area contributed by atoms with Gasteiger partial charge in [0.1, 0.15) is 12.5 Å². The Labute approximate surface area is 150 Å². The van der Waals surface area contributed by atoms with Crippen LogP contribution in [0, 0.1) is 5.82 Å². The third-order valence-corrected chi connectivity index (χ3v) is 4.40. The van der Waals surface area contributed by atoms with Crippen LogP contribution >= 0.6 is 0 Å². The van der Waals surface area contributed by atoms with E-state index < -0.39 is 53.5 Å². The van der Waals surface area contributed by atoms with Crippen LogP contribution in [0.2, 0.25) is 0 Å². The fraction of sp³-hybridized carbons (Fsp3) is 0.353. The van der Waals surface area contributed by atoms with Gasteiger partial charge >= 0.3 is 12.1 Å². The molecule has 2 aliphatic heterocycles. The number of halogens is 5. The number of dihydropyridines is 1. The summed E-state index contributed by atoms with van der Waals surface area (Å²) < 4.78 is 77.5. The molecular formula is C17H14F5NO4. The fourth-order valence-electron chi connectivity index (χ4n) is 3.30. The second-order valence-corrected chi connectivity index (χ2v) is 5.90. The van der Waals surface area contributed by atoms with E-state index >= 15 is 0 Å². The van der Waals surface area contributed by atoms with E-state index in [1.165, 1.54) is 0 Å². The first-order chi connectivity index (χ1) is 12.7. The molecule has 1 aromatic carbocycles. The zero-order valence-electron chi connectivity index (χ0n) is 13.9. The van der Waals surface area contributed by atoms with Crippen LogP contribution in [0.4, 0.5) is 22.0 Å². The number of ether oxygens (including phenoxy) is 2. The number of aliphatic hydroxyl groups is 1. The molecule has 2 heterocycles. The third-order valence-electron chi connectivity index (χ3n) is 4.40. The number of aliphatic hydroxyl groups excluding tert-OH is 1. The molecule has 0 amide bonds. The van der Waals surface area contributed by atoms with Crippen LogP contribution < -0.4 is 5.32 Å². The molecule has 5 nitrogen and oxygen atoms in total. The highest BCUT2D eigenvalue weighted by Crippen LogP contribution is 2.47. The highest BCUT2D eigenvalue weighted by atomic mass is 19.4. The molecule has 2 N–H and O–H groups in total. The topological polar surface area (TPSA) is 67.8 Å². The van der Waals surface area contributed by atoms with Gasteiger partial charge in [-0.1, -0.05) is 0 Å². The van der Waals surface area contributed by atoms with Crippen LogP contribution in [0.15, 0.2) is 40.7 Å². The van der Waals surface area contributed by atoms with Crippen LogP contribution in [-0.4, -0.2) is 37.8 Å². The lowest BCUT2D eigenvalue weighted by atomic mass is 9.78. The Balaban J connectivity index is 2.31. The van der Waals surface area contributed by atoms with E-state index in [1.807, 2.05) is 0 Å². The average molecular weight is 391 g/mol. The summed E-state index contributed by atoms with van der Waals surface area (Å²) in [7, 11) is 0.976. The quantitative estimate of drug-likeness (QED) is 0.612. The Hall–Kier alpha value is -2.46. The monoisotopic (exact) mass is 391 g/mol. The molecule has 1 aromatic rings. The Morgan fingerprint density at radius 1 is 1.41 bits per heavy atom. The van der Waals surface area contributed by atoms with Gasteiger partial charge in [-0.25, -0.2) is 13.6 Å². The van der Waals surface area contributed by atoms with Crippen molar-refractivity contribution in [1.82, 2.24) is 5.32 Å². The molecule has 3 rings (SSSR count). The smallest absolute Gasteiger partial charge is 0.416 e. The zero-order valence-corrected chi connectivity index (χ0v) is 13.9. The molecule has 0 aliphatic carbocycles. The number of carbonyl (C=O) groups is 1. The van der Waals surface area contributed by atoms with E-state index in [-0.39, 0.29) is 23.6 Å². The lowest BCUT2D eigenvalue weighted by Gasteiger charge is -2.31. The number of esters is 1. The summed E-state index contributed by atoms with van der Waals surface area (Å²) in [6, 6.07) is 1.76. The number of hydrogen-bond donors (Lipinski definition) is 2. The van der Waals surface area contributed by atoms with E-state index in [9.17, 15) is 31.9 Å². The number of methoxy groups -OCH3 is 1. The van der Waals surface area contributed by atoms with Crippen molar-refractivity contribution in [3.8, 4) is 0 Å². The van der Waals surface area contributed by atoms with Crippen molar-refractivity contribution in [2.45, 2.75) is 18.4 Å². The van der Waals surface area contributed by atoms with Crippen LogP contribution in [0.1, 0.15) is 17.0 Å². The van der Waals surface area contributed by atoms with Gasteiger partial charge in [0.2, 0.25) is 0 Å². The predicted molar refractivity (Wildman–Crippen MR) is 81.3 cm³/mol. The van der Waals surface area contributed by atoms with Crippen LogP contribution in [0.25, 0.3) is 0 Å². The van der Waals surface area contributed by atoms with Crippen molar-refractivity contribution in [2.24, 2.45) is 0 Å². The van der Waals surface area contributed by atoms with Gasteiger partial charge in [0, 0.05) is 17.2 Å². The summed E-state index contributed by atoms with van der Waals surface area (Å²) in [6.45, 7) is -1.45. The van der Waals surface area contributed by atoms with E-state index in [0.717, 1.165) is 7.11 Å². The molecule has 2 aliphatic rings. The van der Waals surface area contributed by atoms with Crippen LogP contribution in [0.5, 0.6) is 0 Å². The number of rotatable bonds is 3. The van der Waals surface area contributed by atoms with E-state index in [2.05, 4.69) is 10.1 Å². The van der Waals surface area contributed by atoms with Gasteiger partial charge < -0.3 is 19.9 Å². The number of alkyl halides is 4. The molecule has 0 spiro atoms. The first kappa shape index (κ1) is 19.3. The van der Waals surface area contributed by atoms with Gasteiger partial charge in [-0.05, 0) is 23.8 Å². The second kappa shape index (κ2) is 6.93. The standard InChI is InChI=1S/C17H14F5NO4/c1-26-15(24)13-10(5-18)23-11-6-27-16(25)14(11)12(13)8-4-7(19)2-3-9(8)17(20,21)22/h2-4,12,16,23,25H,5-6H2,1H3/t12-,16?/m0/s1. The third kappa shape index (κ3) is 3.30. The maximum Gasteiger partial charge on any atom is 0.416 e. The van der Waals surface area contributed by atoms with Crippen molar-refractivity contribution in [3.63, 3.8) is 0 Å². The predicted octanol–water partition coefficient (Wildman–Crippen LogP) is 2.53. The zero-order chi connectivity index (χ0) is 19.9. The minimum atomic E-state index is -4.88. The van der Waals surface area contributed by atoms with E-state index in [4.69, 9.17) is 4.74 Å². The molecule has 0 bridgehead atoms. The Bertz CT molecular complexity index is 846. The second-order valence-electron chi connectivity index (χ2n) is 5.90. The van der Waals surface area contributed by atoms with Gasteiger partial charge in [-0.15, -0.1) is 0 Å². The first-order valence-corrected chi connectivity index (χ1v) is 7.72. The van der Waals surface area contributed by atoms with Crippen LogP contribution in [-0.2, 0) is 20.4 Å². The number of nitrogens with one attached hydrogen (secondary N) is 1. The number of benzene rings is 1. The minimum Gasteiger partial charge on any atom is -0.466 e. The van der Waals surface area contributed by atoms with Crippen molar-refractivity contribution < 1.29 is 41.3 Å². The normalized spacial score (nSPS) is 22.6. The Morgan fingerprint density at radius 3 is 2.70 bits per heavy atom.